The number of H-pyrrole nitrogens is 1. The highest BCUT2D eigenvalue weighted by atomic mass is 32.2. The van der Waals surface area contributed by atoms with E-state index in [1.807, 2.05) is 39.3 Å². The fourth-order valence-electron chi connectivity index (χ4n) is 2.11. The highest BCUT2D eigenvalue weighted by molar-refractivity contribution is 7.98. The van der Waals surface area contributed by atoms with Crippen molar-refractivity contribution < 1.29 is 4.21 Å². The van der Waals surface area contributed by atoms with Crippen molar-refractivity contribution in [1.29, 1.82) is 0 Å². The lowest BCUT2D eigenvalue weighted by Gasteiger charge is -2.23. The Kier molecular flexibility index (Phi) is 6.95. The molecule has 0 amide bonds. The van der Waals surface area contributed by atoms with Crippen LogP contribution < -0.4 is 10.3 Å². The van der Waals surface area contributed by atoms with Gasteiger partial charge in [0.05, 0.1) is 32.5 Å². The highest BCUT2D eigenvalue weighted by Crippen LogP contribution is 2.23. The summed E-state index contributed by atoms with van der Waals surface area (Å²) >= 11 is 2.98. The van der Waals surface area contributed by atoms with Crippen LogP contribution in [0.15, 0.2) is 21.4 Å². The summed E-state index contributed by atoms with van der Waals surface area (Å²) in [5.74, 6) is 0. The zero-order valence-corrected chi connectivity index (χ0v) is 17.5. The van der Waals surface area contributed by atoms with Crippen LogP contribution in [-0.4, -0.2) is 30.2 Å². The molecule has 2 atom stereocenters. The van der Waals surface area contributed by atoms with E-state index in [2.05, 4.69) is 19.7 Å². The molecule has 2 rings (SSSR count). The SMILES string of the molecule is CSc1nc(CC[C@H](N[S@](=O)C(C)(C)C)c2csc(C)n2)cc(=O)[nH]1. The number of aromatic nitrogens is 3. The Bertz CT molecular complexity index is 795. The molecule has 0 aliphatic carbocycles. The van der Waals surface area contributed by atoms with Gasteiger partial charge in [-0.3, -0.25) is 4.79 Å². The monoisotopic (exact) mass is 400 g/mol. The van der Waals surface area contributed by atoms with Gasteiger partial charge in [-0.25, -0.2) is 18.9 Å². The molecule has 0 saturated carbocycles. The van der Waals surface area contributed by atoms with Crippen LogP contribution in [0.2, 0.25) is 0 Å². The van der Waals surface area contributed by atoms with E-state index in [0.29, 0.717) is 18.0 Å². The van der Waals surface area contributed by atoms with Gasteiger partial charge in [0.15, 0.2) is 5.16 Å². The van der Waals surface area contributed by atoms with Crippen LogP contribution in [0.5, 0.6) is 0 Å². The number of aromatic amines is 1. The van der Waals surface area contributed by atoms with Gasteiger partial charge >= 0.3 is 0 Å². The van der Waals surface area contributed by atoms with Gasteiger partial charge in [-0.15, -0.1) is 11.3 Å². The largest absolute Gasteiger partial charge is 0.301 e. The van der Waals surface area contributed by atoms with E-state index in [1.54, 1.807) is 11.3 Å². The molecule has 9 heteroatoms. The standard InChI is InChI=1S/C16H24N4O2S3/c1-10-17-13(9-24-10)12(20-25(22)16(2,3)4)7-6-11-8-14(21)19-15(18-11)23-5/h8-9,12,20H,6-7H2,1-5H3,(H,18,19,21)/t12-,25+/m0/s1. The molecule has 0 unspecified atom stereocenters. The maximum atomic E-state index is 12.5. The van der Waals surface area contributed by atoms with Crippen LogP contribution >= 0.6 is 23.1 Å². The van der Waals surface area contributed by atoms with Crippen LogP contribution in [0.25, 0.3) is 0 Å². The first-order chi connectivity index (χ1) is 11.7. The Balaban J connectivity index is 2.17. The van der Waals surface area contributed by atoms with Crippen LogP contribution in [0.3, 0.4) is 0 Å². The first-order valence-electron chi connectivity index (χ1n) is 7.93. The van der Waals surface area contributed by atoms with E-state index in [0.717, 1.165) is 16.4 Å². The molecule has 2 N–H and O–H groups in total. The minimum atomic E-state index is -1.20. The van der Waals surface area contributed by atoms with Crippen molar-refractivity contribution in [2.75, 3.05) is 6.26 Å². The number of thioether (sulfide) groups is 1. The van der Waals surface area contributed by atoms with Crippen LogP contribution in [0.4, 0.5) is 0 Å². The van der Waals surface area contributed by atoms with Crippen molar-refractivity contribution in [3.8, 4) is 0 Å². The molecule has 25 heavy (non-hydrogen) atoms. The van der Waals surface area contributed by atoms with E-state index in [-0.39, 0.29) is 16.3 Å². The first kappa shape index (κ1) is 20.3. The van der Waals surface area contributed by atoms with Crippen molar-refractivity contribution >= 4 is 34.1 Å². The fraction of sp³-hybridized carbons (Fsp3) is 0.562. The Morgan fingerprint density at radius 1 is 1.40 bits per heavy atom. The van der Waals surface area contributed by atoms with E-state index in [4.69, 9.17) is 0 Å². The van der Waals surface area contributed by atoms with Gasteiger partial charge in [0.25, 0.3) is 5.56 Å². The highest BCUT2D eigenvalue weighted by Gasteiger charge is 2.25. The third-order valence-electron chi connectivity index (χ3n) is 3.45. The summed E-state index contributed by atoms with van der Waals surface area (Å²) in [6, 6.07) is 1.37. The van der Waals surface area contributed by atoms with Crippen molar-refractivity contribution in [2.24, 2.45) is 0 Å². The second kappa shape index (κ2) is 8.57. The topological polar surface area (TPSA) is 87.7 Å². The zero-order chi connectivity index (χ0) is 18.6. The number of aryl methyl sites for hydroxylation is 2. The molecule has 0 aliphatic heterocycles. The van der Waals surface area contributed by atoms with E-state index < -0.39 is 11.0 Å². The minimum absolute atomic E-state index is 0.149. The molecular weight excluding hydrogens is 376 g/mol. The molecule has 2 aromatic rings. The smallest absolute Gasteiger partial charge is 0.251 e. The molecule has 2 aromatic heterocycles. The van der Waals surface area contributed by atoms with E-state index in [9.17, 15) is 9.00 Å². The predicted octanol–water partition coefficient (Wildman–Crippen LogP) is 2.98. The van der Waals surface area contributed by atoms with Crippen LogP contribution in [0.1, 0.15) is 49.6 Å². The van der Waals surface area contributed by atoms with Crippen LogP contribution in [0, 0.1) is 6.92 Å². The second-order valence-corrected chi connectivity index (χ2v) is 10.5. The quantitative estimate of drug-likeness (QED) is 0.551. The summed E-state index contributed by atoms with van der Waals surface area (Å²) in [6.45, 7) is 7.75. The predicted molar refractivity (Wildman–Crippen MR) is 106 cm³/mol. The molecule has 0 aliphatic rings. The number of hydrogen-bond acceptors (Lipinski definition) is 6. The lowest BCUT2D eigenvalue weighted by Crippen LogP contribution is -2.36. The molecule has 0 fully saturated rings. The molecule has 0 aromatic carbocycles. The molecule has 2 heterocycles. The minimum Gasteiger partial charge on any atom is -0.301 e. The van der Waals surface area contributed by atoms with Crippen molar-refractivity contribution in [2.45, 2.75) is 56.5 Å². The summed E-state index contributed by atoms with van der Waals surface area (Å²) in [6.07, 6.45) is 3.14. The molecule has 138 valence electrons. The molecule has 0 spiro atoms. The average Bonchev–Trinajstić information content (AvgIpc) is 2.96. The van der Waals surface area contributed by atoms with Gasteiger partial charge in [-0.2, -0.15) is 0 Å². The van der Waals surface area contributed by atoms with Gasteiger partial charge in [-0.05, 0) is 46.8 Å². The number of nitrogens with zero attached hydrogens (tertiary/aromatic N) is 2. The van der Waals surface area contributed by atoms with Gasteiger partial charge in [0, 0.05) is 17.1 Å². The lowest BCUT2D eigenvalue weighted by molar-refractivity contribution is 0.557. The van der Waals surface area contributed by atoms with Crippen molar-refractivity contribution in [1.82, 2.24) is 19.7 Å². The fourth-order valence-corrected chi connectivity index (χ4v) is 4.04. The van der Waals surface area contributed by atoms with E-state index >= 15 is 0 Å². The molecular formula is C16H24N4O2S3. The number of thiazole rings is 1. The zero-order valence-electron chi connectivity index (χ0n) is 15.1. The number of rotatable bonds is 7. The number of nitrogens with one attached hydrogen (secondary N) is 2. The van der Waals surface area contributed by atoms with Gasteiger partial charge in [0.2, 0.25) is 0 Å². The Labute approximate surface area is 158 Å². The average molecular weight is 401 g/mol. The lowest BCUT2D eigenvalue weighted by atomic mass is 10.1. The normalized spacial score (nSPS) is 14.4. The molecule has 0 radical (unpaired) electrons. The summed E-state index contributed by atoms with van der Waals surface area (Å²) in [5, 5.41) is 3.57. The van der Waals surface area contributed by atoms with E-state index in [1.165, 1.54) is 17.8 Å². The van der Waals surface area contributed by atoms with Gasteiger partial charge < -0.3 is 4.98 Å². The maximum absolute atomic E-state index is 12.5. The van der Waals surface area contributed by atoms with Gasteiger partial charge in [0.1, 0.15) is 0 Å². The summed E-state index contributed by atoms with van der Waals surface area (Å²) < 4.78 is 15.4. The number of hydrogen-bond donors (Lipinski definition) is 2. The summed E-state index contributed by atoms with van der Waals surface area (Å²) in [7, 11) is -1.20. The van der Waals surface area contributed by atoms with Gasteiger partial charge in [-0.1, -0.05) is 11.8 Å². The second-order valence-electron chi connectivity index (χ2n) is 6.63. The Hall–Kier alpha value is -1.03. The van der Waals surface area contributed by atoms with Crippen molar-refractivity contribution in [3.63, 3.8) is 0 Å². The Morgan fingerprint density at radius 2 is 2.12 bits per heavy atom. The third kappa shape index (κ3) is 6.02. The molecule has 0 saturated heterocycles. The summed E-state index contributed by atoms with van der Waals surface area (Å²) in [4.78, 5) is 23.4. The first-order valence-corrected chi connectivity index (χ1v) is 11.2. The molecule has 0 bridgehead atoms. The summed E-state index contributed by atoms with van der Waals surface area (Å²) in [5.41, 5.74) is 1.46. The molecule has 6 nitrogen and oxygen atoms in total. The Morgan fingerprint density at radius 3 is 2.68 bits per heavy atom. The van der Waals surface area contributed by atoms with Crippen LogP contribution in [-0.2, 0) is 17.4 Å². The maximum Gasteiger partial charge on any atom is 0.251 e. The van der Waals surface area contributed by atoms with Crippen molar-refractivity contribution in [3.05, 3.63) is 38.2 Å². The third-order valence-corrected chi connectivity index (χ3v) is 6.44.